The number of hydrogen-bond acceptors (Lipinski definition) is 5. The highest BCUT2D eigenvalue weighted by molar-refractivity contribution is 5.86. The molecular weight excluding hydrogens is 270 g/mol. The van der Waals surface area contributed by atoms with Crippen molar-refractivity contribution in [3.05, 3.63) is 42.1 Å². The van der Waals surface area contributed by atoms with Gasteiger partial charge in [-0.15, -0.1) is 0 Å². The van der Waals surface area contributed by atoms with E-state index in [-0.39, 0.29) is 12.3 Å². The number of para-hydroxylation sites is 1. The quantitative estimate of drug-likeness (QED) is 0.664. The molecular formula is C14H15N5O2. The van der Waals surface area contributed by atoms with Crippen LogP contribution in [0, 0.1) is 0 Å². The van der Waals surface area contributed by atoms with E-state index in [9.17, 15) is 4.79 Å². The van der Waals surface area contributed by atoms with Gasteiger partial charge in [-0.25, -0.2) is 4.98 Å². The number of carbonyl (C=O) groups is 1. The summed E-state index contributed by atoms with van der Waals surface area (Å²) in [5, 5.41) is 14.3. The first-order valence-electron chi connectivity index (χ1n) is 6.77. The van der Waals surface area contributed by atoms with Crippen LogP contribution in [-0.2, 0) is 17.6 Å². The molecule has 0 saturated carbocycles. The van der Waals surface area contributed by atoms with Crippen LogP contribution >= 0.6 is 0 Å². The molecule has 7 nitrogen and oxygen atoms in total. The summed E-state index contributed by atoms with van der Waals surface area (Å²) in [6.07, 6.45) is 3.26. The summed E-state index contributed by atoms with van der Waals surface area (Å²) in [5.74, 6) is 0.762. The van der Waals surface area contributed by atoms with Crippen LogP contribution in [-0.4, -0.2) is 32.8 Å². The fraction of sp³-hybridized carbons (Fsp3) is 0.286. The van der Waals surface area contributed by atoms with Crippen LogP contribution in [0.2, 0.25) is 0 Å². The van der Waals surface area contributed by atoms with Crippen molar-refractivity contribution in [2.45, 2.75) is 19.3 Å². The molecule has 1 aromatic carbocycles. The van der Waals surface area contributed by atoms with Crippen molar-refractivity contribution in [2.75, 3.05) is 6.54 Å². The van der Waals surface area contributed by atoms with E-state index in [1.807, 2.05) is 24.3 Å². The van der Waals surface area contributed by atoms with E-state index in [1.54, 1.807) is 0 Å². The van der Waals surface area contributed by atoms with Crippen molar-refractivity contribution >= 4 is 16.9 Å². The number of H-pyrrole nitrogens is 1. The number of benzene rings is 1. The predicted octanol–water partition coefficient (Wildman–Crippen LogP) is 1.24. The number of aromatic nitrogens is 4. The van der Waals surface area contributed by atoms with Gasteiger partial charge < -0.3 is 9.84 Å². The summed E-state index contributed by atoms with van der Waals surface area (Å²) >= 11 is 0. The molecule has 0 spiro atoms. The van der Waals surface area contributed by atoms with Crippen LogP contribution in [0.3, 0.4) is 0 Å². The number of rotatable bonds is 6. The third kappa shape index (κ3) is 3.25. The fourth-order valence-electron chi connectivity index (χ4n) is 2.12. The molecule has 0 saturated heterocycles. The van der Waals surface area contributed by atoms with Crippen LogP contribution < -0.4 is 5.32 Å². The van der Waals surface area contributed by atoms with Gasteiger partial charge in [0.05, 0.1) is 6.42 Å². The van der Waals surface area contributed by atoms with Gasteiger partial charge in [-0.05, 0) is 18.6 Å². The SMILES string of the molecule is O=C(Cc1noc2ccccc12)NCCCc1ncn[nH]1. The van der Waals surface area contributed by atoms with E-state index < -0.39 is 0 Å². The second kappa shape index (κ2) is 6.17. The Bertz CT molecular complexity index is 720. The average molecular weight is 285 g/mol. The van der Waals surface area contributed by atoms with E-state index in [0.29, 0.717) is 17.8 Å². The number of aromatic amines is 1. The highest BCUT2D eigenvalue weighted by atomic mass is 16.5. The number of fused-ring (bicyclic) bond motifs is 1. The normalized spacial score (nSPS) is 10.9. The molecule has 1 amide bonds. The minimum absolute atomic E-state index is 0.0633. The number of aryl methyl sites for hydroxylation is 1. The number of carbonyl (C=O) groups excluding carboxylic acids is 1. The van der Waals surface area contributed by atoms with E-state index >= 15 is 0 Å². The lowest BCUT2D eigenvalue weighted by atomic mass is 10.1. The molecule has 0 aliphatic heterocycles. The van der Waals surface area contributed by atoms with Crippen molar-refractivity contribution in [3.63, 3.8) is 0 Å². The largest absolute Gasteiger partial charge is 0.356 e. The molecule has 21 heavy (non-hydrogen) atoms. The number of nitrogens with zero attached hydrogens (tertiary/aromatic N) is 3. The topological polar surface area (TPSA) is 96.7 Å². The molecule has 108 valence electrons. The van der Waals surface area contributed by atoms with Crippen molar-refractivity contribution in [1.82, 2.24) is 25.7 Å². The molecule has 3 rings (SSSR count). The van der Waals surface area contributed by atoms with Gasteiger partial charge in [0.2, 0.25) is 5.91 Å². The van der Waals surface area contributed by atoms with Crippen LogP contribution in [0.25, 0.3) is 11.0 Å². The third-order valence-electron chi connectivity index (χ3n) is 3.16. The second-order valence-electron chi connectivity index (χ2n) is 4.69. The molecule has 0 radical (unpaired) electrons. The molecule has 7 heteroatoms. The van der Waals surface area contributed by atoms with Crippen LogP contribution in [0.5, 0.6) is 0 Å². The monoisotopic (exact) mass is 285 g/mol. The minimum Gasteiger partial charge on any atom is -0.356 e. The first-order valence-corrected chi connectivity index (χ1v) is 6.77. The fourth-order valence-corrected chi connectivity index (χ4v) is 2.12. The number of nitrogens with one attached hydrogen (secondary N) is 2. The van der Waals surface area contributed by atoms with E-state index in [0.717, 1.165) is 24.1 Å². The molecule has 2 aromatic heterocycles. The summed E-state index contributed by atoms with van der Waals surface area (Å²) in [6.45, 7) is 0.593. The van der Waals surface area contributed by atoms with Gasteiger partial charge in [0, 0.05) is 18.4 Å². The Labute approximate surface area is 120 Å². The van der Waals surface area contributed by atoms with Gasteiger partial charge in [-0.1, -0.05) is 17.3 Å². The zero-order valence-electron chi connectivity index (χ0n) is 11.4. The van der Waals surface area contributed by atoms with Crippen LogP contribution in [0.15, 0.2) is 35.1 Å². The zero-order chi connectivity index (χ0) is 14.5. The third-order valence-corrected chi connectivity index (χ3v) is 3.16. The molecule has 0 aliphatic rings. The Kier molecular flexibility index (Phi) is 3.90. The second-order valence-corrected chi connectivity index (χ2v) is 4.69. The first kappa shape index (κ1) is 13.3. The van der Waals surface area contributed by atoms with Crippen molar-refractivity contribution in [2.24, 2.45) is 0 Å². The first-order chi connectivity index (χ1) is 10.3. The molecule has 0 atom stereocenters. The standard InChI is InChI=1S/C14H15N5O2/c20-14(15-7-3-6-13-16-9-17-18-13)8-11-10-4-1-2-5-12(10)21-19-11/h1-2,4-5,9H,3,6-8H2,(H,15,20)(H,16,17,18). The predicted molar refractivity (Wildman–Crippen MR) is 75.4 cm³/mol. The van der Waals surface area contributed by atoms with Gasteiger partial charge >= 0.3 is 0 Å². The lowest BCUT2D eigenvalue weighted by Gasteiger charge is -2.02. The van der Waals surface area contributed by atoms with Gasteiger partial charge in [0.1, 0.15) is 17.8 Å². The summed E-state index contributed by atoms with van der Waals surface area (Å²) in [7, 11) is 0. The van der Waals surface area contributed by atoms with Gasteiger partial charge in [0.15, 0.2) is 5.58 Å². The van der Waals surface area contributed by atoms with Gasteiger partial charge in [-0.3, -0.25) is 9.89 Å². The molecule has 0 fully saturated rings. The Balaban J connectivity index is 1.48. The smallest absolute Gasteiger partial charge is 0.226 e. The van der Waals surface area contributed by atoms with Crippen molar-refractivity contribution in [1.29, 1.82) is 0 Å². The maximum Gasteiger partial charge on any atom is 0.226 e. The van der Waals surface area contributed by atoms with E-state index in [2.05, 4.69) is 25.7 Å². The Morgan fingerprint density at radius 2 is 2.24 bits per heavy atom. The van der Waals surface area contributed by atoms with Gasteiger partial charge in [-0.2, -0.15) is 5.10 Å². The van der Waals surface area contributed by atoms with E-state index in [4.69, 9.17) is 4.52 Å². The molecule has 0 aliphatic carbocycles. The summed E-state index contributed by atoms with van der Waals surface area (Å²) in [5.41, 5.74) is 1.36. The average Bonchev–Trinajstić information content (AvgIpc) is 3.14. The van der Waals surface area contributed by atoms with Crippen molar-refractivity contribution in [3.8, 4) is 0 Å². The molecule has 0 bridgehead atoms. The number of amides is 1. The molecule has 3 aromatic rings. The Morgan fingerprint density at radius 3 is 3.10 bits per heavy atom. The minimum atomic E-state index is -0.0633. The summed E-state index contributed by atoms with van der Waals surface area (Å²) in [4.78, 5) is 15.9. The van der Waals surface area contributed by atoms with Crippen LogP contribution in [0.1, 0.15) is 17.9 Å². The lowest BCUT2D eigenvalue weighted by Crippen LogP contribution is -2.26. The highest BCUT2D eigenvalue weighted by Crippen LogP contribution is 2.17. The maximum atomic E-state index is 11.9. The zero-order valence-corrected chi connectivity index (χ0v) is 11.4. The Morgan fingerprint density at radius 1 is 1.33 bits per heavy atom. The molecule has 2 N–H and O–H groups in total. The Hall–Kier alpha value is -2.70. The summed E-state index contributed by atoms with van der Waals surface area (Å²) in [6, 6.07) is 7.51. The maximum absolute atomic E-state index is 11.9. The molecule has 0 unspecified atom stereocenters. The highest BCUT2D eigenvalue weighted by Gasteiger charge is 2.11. The van der Waals surface area contributed by atoms with E-state index in [1.165, 1.54) is 6.33 Å². The lowest BCUT2D eigenvalue weighted by molar-refractivity contribution is -0.120. The molecule has 2 heterocycles. The van der Waals surface area contributed by atoms with Gasteiger partial charge in [0.25, 0.3) is 0 Å². The summed E-state index contributed by atoms with van der Waals surface area (Å²) < 4.78 is 5.18. The van der Waals surface area contributed by atoms with Crippen LogP contribution in [0.4, 0.5) is 0 Å². The van der Waals surface area contributed by atoms with Crippen molar-refractivity contribution < 1.29 is 9.32 Å². The number of hydrogen-bond donors (Lipinski definition) is 2.